The standard InChI is InChI=1S/C19H39P/c1-2-3-4-5-6-7-8-9-12-15-18-20-19-16-13-10-11-14-17-19/h19-20H,2-18H2,1H3. The van der Waals surface area contributed by atoms with Crippen LogP contribution in [0.2, 0.25) is 0 Å². The minimum absolute atomic E-state index is 1.12. The molecule has 1 unspecified atom stereocenters. The molecule has 1 rings (SSSR count). The lowest BCUT2D eigenvalue weighted by Gasteiger charge is -2.13. The Labute approximate surface area is 130 Å². The van der Waals surface area contributed by atoms with Crippen molar-refractivity contribution >= 4 is 8.58 Å². The summed E-state index contributed by atoms with van der Waals surface area (Å²) in [5.74, 6) is 0. The Morgan fingerprint density at radius 3 is 1.70 bits per heavy atom. The Hall–Kier alpha value is 0.430. The predicted molar refractivity (Wildman–Crippen MR) is 96.5 cm³/mol. The molecule has 0 nitrogen and oxygen atoms in total. The van der Waals surface area contributed by atoms with Crippen molar-refractivity contribution in [2.24, 2.45) is 0 Å². The second-order valence-electron chi connectivity index (χ2n) is 6.82. The summed E-state index contributed by atoms with van der Waals surface area (Å²) >= 11 is 0. The Balaban J connectivity index is 1.76. The third kappa shape index (κ3) is 11.1. The van der Waals surface area contributed by atoms with Crippen molar-refractivity contribution in [1.82, 2.24) is 0 Å². The van der Waals surface area contributed by atoms with Gasteiger partial charge in [0, 0.05) is 0 Å². The molecule has 1 heteroatoms. The van der Waals surface area contributed by atoms with Crippen LogP contribution in [0.15, 0.2) is 0 Å². The number of hydrogen-bond acceptors (Lipinski definition) is 0. The van der Waals surface area contributed by atoms with E-state index in [4.69, 9.17) is 0 Å². The molecule has 1 saturated carbocycles. The van der Waals surface area contributed by atoms with E-state index in [1.807, 2.05) is 0 Å². The molecule has 1 atom stereocenters. The predicted octanol–water partition coefficient (Wildman–Crippen LogP) is 7.31. The summed E-state index contributed by atoms with van der Waals surface area (Å²) < 4.78 is 0. The van der Waals surface area contributed by atoms with Crippen molar-refractivity contribution in [2.45, 2.75) is 115 Å². The molecule has 0 aromatic carbocycles. The van der Waals surface area contributed by atoms with Gasteiger partial charge < -0.3 is 0 Å². The van der Waals surface area contributed by atoms with E-state index in [9.17, 15) is 0 Å². The smallest absolute Gasteiger partial charge is 0.0237 e. The van der Waals surface area contributed by atoms with Crippen LogP contribution in [0, 0.1) is 0 Å². The maximum absolute atomic E-state index is 2.30. The topological polar surface area (TPSA) is 0 Å². The number of rotatable bonds is 12. The van der Waals surface area contributed by atoms with E-state index in [0.717, 1.165) is 5.66 Å². The van der Waals surface area contributed by atoms with Gasteiger partial charge in [-0.1, -0.05) is 90.4 Å². The molecule has 1 aliphatic rings. The molecule has 20 heavy (non-hydrogen) atoms. The highest BCUT2D eigenvalue weighted by Gasteiger charge is 2.11. The van der Waals surface area contributed by atoms with E-state index in [0.29, 0.717) is 0 Å². The molecule has 0 aromatic heterocycles. The first-order valence-corrected chi connectivity index (χ1v) is 11.0. The molecular formula is C19H39P. The Morgan fingerprint density at radius 1 is 0.650 bits per heavy atom. The van der Waals surface area contributed by atoms with Gasteiger partial charge in [-0.3, -0.25) is 0 Å². The lowest BCUT2D eigenvalue weighted by molar-refractivity contribution is 0.562. The monoisotopic (exact) mass is 298 g/mol. The average Bonchev–Trinajstić information content (AvgIpc) is 2.73. The molecular weight excluding hydrogens is 259 g/mol. The lowest BCUT2D eigenvalue weighted by Crippen LogP contribution is -1.99. The van der Waals surface area contributed by atoms with Crippen molar-refractivity contribution in [1.29, 1.82) is 0 Å². The van der Waals surface area contributed by atoms with Gasteiger partial charge in [-0.15, -0.1) is 8.58 Å². The third-order valence-corrected chi connectivity index (χ3v) is 6.62. The molecule has 1 aliphatic carbocycles. The fraction of sp³-hybridized carbons (Fsp3) is 1.00. The van der Waals surface area contributed by atoms with Crippen LogP contribution in [0.4, 0.5) is 0 Å². The summed E-state index contributed by atoms with van der Waals surface area (Å²) in [6.07, 6.45) is 25.5. The van der Waals surface area contributed by atoms with Crippen LogP contribution in [-0.2, 0) is 0 Å². The zero-order chi connectivity index (χ0) is 14.3. The highest BCUT2D eigenvalue weighted by Crippen LogP contribution is 2.32. The third-order valence-electron chi connectivity index (χ3n) is 4.82. The van der Waals surface area contributed by atoms with Crippen molar-refractivity contribution in [2.75, 3.05) is 6.16 Å². The van der Waals surface area contributed by atoms with Gasteiger partial charge in [0.2, 0.25) is 0 Å². The molecule has 0 radical (unpaired) electrons. The molecule has 1 fully saturated rings. The molecule has 0 N–H and O–H groups in total. The minimum atomic E-state index is 1.12. The molecule has 0 spiro atoms. The zero-order valence-electron chi connectivity index (χ0n) is 14.1. The van der Waals surface area contributed by atoms with Crippen molar-refractivity contribution in [3.05, 3.63) is 0 Å². The molecule has 0 aliphatic heterocycles. The van der Waals surface area contributed by atoms with Crippen LogP contribution in [-0.4, -0.2) is 11.8 Å². The maximum Gasteiger partial charge on any atom is -0.0237 e. The highest BCUT2D eigenvalue weighted by molar-refractivity contribution is 7.38. The molecule has 0 bridgehead atoms. The summed E-state index contributed by atoms with van der Waals surface area (Å²) in [6.45, 7) is 2.30. The summed E-state index contributed by atoms with van der Waals surface area (Å²) in [5.41, 5.74) is 1.12. The summed E-state index contributed by atoms with van der Waals surface area (Å²) in [7, 11) is 1.29. The molecule has 0 aromatic rings. The minimum Gasteiger partial charge on any atom is -0.119 e. The molecule has 0 heterocycles. The van der Waals surface area contributed by atoms with Crippen LogP contribution in [0.3, 0.4) is 0 Å². The number of hydrogen-bond donors (Lipinski definition) is 0. The number of unbranched alkanes of at least 4 members (excludes halogenated alkanes) is 9. The van der Waals surface area contributed by atoms with E-state index < -0.39 is 0 Å². The zero-order valence-corrected chi connectivity index (χ0v) is 15.1. The van der Waals surface area contributed by atoms with Crippen molar-refractivity contribution in [3.63, 3.8) is 0 Å². The molecule has 120 valence electrons. The van der Waals surface area contributed by atoms with Gasteiger partial charge in [0.05, 0.1) is 0 Å². The van der Waals surface area contributed by atoms with Crippen molar-refractivity contribution in [3.8, 4) is 0 Å². The largest absolute Gasteiger partial charge is 0.119 e. The normalized spacial score (nSPS) is 17.9. The van der Waals surface area contributed by atoms with Gasteiger partial charge in [0.1, 0.15) is 0 Å². The molecule has 0 saturated heterocycles. The Bertz CT molecular complexity index is 182. The quantitative estimate of drug-likeness (QED) is 0.201. The van der Waals surface area contributed by atoms with Crippen LogP contribution in [0.1, 0.15) is 110 Å². The van der Waals surface area contributed by atoms with Crippen LogP contribution < -0.4 is 0 Å². The first-order chi connectivity index (χ1) is 9.93. The van der Waals surface area contributed by atoms with E-state index in [1.54, 1.807) is 19.0 Å². The second-order valence-corrected chi connectivity index (χ2v) is 8.55. The van der Waals surface area contributed by atoms with Gasteiger partial charge >= 0.3 is 0 Å². The maximum atomic E-state index is 2.30. The lowest BCUT2D eigenvalue weighted by atomic mass is 10.1. The summed E-state index contributed by atoms with van der Waals surface area (Å²) in [4.78, 5) is 0. The first-order valence-electron chi connectivity index (χ1n) is 9.67. The summed E-state index contributed by atoms with van der Waals surface area (Å²) in [5, 5.41) is 0. The second kappa shape index (κ2) is 14.4. The molecule has 0 amide bonds. The fourth-order valence-electron chi connectivity index (χ4n) is 3.40. The van der Waals surface area contributed by atoms with E-state index in [2.05, 4.69) is 6.92 Å². The van der Waals surface area contributed by atoms with E-state index >= 15 is 0 Å². The summed E-state index contributed by atoms with van der Waals surface area (Å²) in [6, 6.07) is 0. The van der Waals surface area contributed by atoms with Crippen LogP contribution in [0.5, 0.6) is 0 Å². The fourth-order valence-corrected chi connectivity index (χ4v) is 5.08. The SMILES string of the molecule is CCCCCCCCCCCCPC1CCCCCC1. The average molecular weight is 298 g/mol. The Morgan fingerprint density at radius 2 is 1.15 bits per heavy atom. The highest BCUT2D eigenvalue weighted by atomic mass is 31.1. The van der Waals surface area contributed by atoms with E-state index in [-0.39, 0.29) is 0 Å². The van der Waals surface area contributed by atoms with Gasteiger partial charge in [-0.2, -0.15) is 0 Å². The van der Waals surface area contributed by atoms with Gasteiger partial charge in [-0.05, 0) is 31.1 Å². The van der Waals surface area contributed by atoms with Gasteiger partial charge in [0.15, 0.2) is 0 Å². The first kappa shape index (κ1) is 18.5. The van der Waals surface area contributed by atoms with Gasteiger partial charge in [0.25, 0.3) is 0 Å². The Kier molecular flexibility index (Phi) is 13.3. The van der Waals surface area contributed by atoms with Crippen LogP contribution >= 0.6 is 8.58 Å². The van der Waals surface area contributed by atoms with E-state index in [1.165, 1.54) is 98.5 Å². The van der Waals surface area contributed by atoms with Gasteiger partial charge in [-0.25, -0.2) is 0 Å². The van der Waals surface area contributed by atoms with Crippen molar-refractivity contribution < 1.29 is 0 Å². The van der Waals surface area contributed by atoms with Crippen LogP contribution in [0.25, 0.3) is 0 Å².